The maximum atomic E-state index is 11.8. The number of esters is 1. The number of aromatic carboxylic acids is 1. The smallest absolute Gasteiger partial charge is 0.374 e. The summed E-state index contributed by atoms with van der Waals surface area (Å²) in [5.41, 5.74) is 3.14. The Balaban J connectivity index is 1.74. The molecule has 2 aromatic heterocycles. The molecule has 134 valence electrons. The molecule has 2 aromatic carbocycles. The highest BCUT2D eigenvalue weighted by Crippen LogP contribution is 2.21. The number of fused-ring (bicyclic) bond motifs is 1. The van der Waals surface area contributed by atoms with Crippen molar-refractivity contribution >= 4 is 23.0 Å². The van der Waals surface area contributed by atoms with Gasteiger partial charge in [0, 0.05) is 23.8 Å². The van der Waals surface area contributed by atoms with Crippen LogP contribution in [0.1, 0.15) is 21.0 Å². The standard InChI is InChI=1S/C19H14N4O4/c1-27-19(26)17-20-8-9-22(17)13-3-5-14(6-4-13)23-11-21-15-7-2-12(18(24)25)10-16(15)23/h2-11H,1H3,(H,24,25). The number of hydrogen-bond donors (Lipinski definition) is 1. The zero-order valence-corrected chi connectivity index (χ0v) is 14.2. The summed E-state index contributed by atoms with van der Waals surface area (Å²) in [5, 5.41) is 9.20. The molecule has 1 N–H and O–H groups in total. The lowest BCUT2D eigenvalue weighted by Crippen LogP contribution is -2.10. The van der Waals surface area contributed by atoms with Crippen molar-refractivity contribution in [3.8, 4) is 11.4 Å². The number of rotatable bonds is 4. The van der Waals surface area contributed by atoms with Gasteiger partial charge in [0.1, 0.15) is 6.33 Å². The highest BCUT2D eigenvalue weighted by molar-refractivity contribution is 5.92. The van der Waals surface area contributed by atoms with Gasteiger partial charge in [-0.15, -0.1) is 0 Å². The molecule has 27 heavy (non-hydrogen) atoms. The number of carbonyl (C=O) groups is 2. The molecule has 0 aliphatic carbocycles. The summed E-state index contributed by atoms with van der Waals surface area (Å²) in [6.45, 7) is 0. The van der Waals surface area contributed by atoms with E-state index in [2.05, 4.69) is 9.97 Å². The van der Waals surface area contributed by atoms with Gasteiger partial charge in [-0.1, -0.05) is 0 Å². The summed E-state index contributed by atoms with van der Waals surface area (Å²) in [7, 11) is 1.31. The number of carboxylic acids is 1. The quantitative estimate of drug-likeness (QED) is 0.560. The molecule has 0 amide bonds. The van der Waals surface area contributed by atoms with E-state index >= 15 is 0 Å². The molecule has 0 saturated heterocycles. The van der Waals surface area contributed by atoms with Crippen molar-refractivity contribution in [2.24, 2.45) is 0 Å². The minimum Gasteiger partial charge on any atom is -0.478 e. The van der Waals surface area contributed by atoms with Gasteiger partial charge >= 0.3 is 11.9 Å². The van der Waals surface area contributed by atoms with Gasteiger partial charge in [-0.25, -0.2) is 19.6 Å². The molecule has 0 aliphatic heterocycles. The van der Waals surface area contributed by atoms with Crippen molar-refractivity contribution in [2.45, 2.75) is 0 Å². The zero-order chi connectivity index (χ0) is 19.0. The van der Waals surface area contributed by atoms with E-state index < -0.39 is 11.9 Å². The second-order valence-corrected chi connectivity index (χ2v) is 5.75. The second kappa shape index (κ2) is 6.41. The highest BCUT2D eigenvalue weighted by atomic mass is 16.5. The Morgan fingerprint density at radius 1 is 1.00 bits per heavy atom. The summed E-state index contributed by atoms with van der Waals surface area (Å²) < 4.78 is 8.17. The molecule has 0 unspecified atom stereocenters. The minimum absolute atomic E-state index is 0.185. The summed E-state index contributed by atoms with van der Waals surface area (Å²) in [6.07, 6.45) is 4.84. The third-order valence-electron chi connectivity index (χ3n) is 4.21. The molecular formula is C19H14N4O4. The molecular weight excluding hydrogens is 348 g/mol. The first kappa shape index (κ1) is 16.5. The van der Waals surface area contributed by atoms with E-state index in [1.807, 2.05) is 24.3 Å². The molecule has 0 aliphatic rings. The minimum atomic E-state index is -0.990. The number of aromatic nitrogens is 4. The first-order valence-corrected chi connectivity index (χ1v) is 8.01. The van der Waals surface area contributed by atoms with Crippen LogP contribution in [0.5, 0.6) is 0 Å². The third kappa shape index (κ3) is 2.82. The molecule has 0 spiro atoms. The largest absolute Gasteiger partial charge is 0.478 e. The van der Waals surface area contributed by atoms with Crippen LogP contribution in [0, 0.1) is 0 Å². The van der Waals surface area contributed by atoms with E-state index in [4.69, 9.17) is 4.74 Å². The lowest BCUT2D eigenvalue weighted by molar-refractivity contribution is 0.0584. The fraction of sp³-hybridized carbons (Fsp3) is 0.0526. The molecule has 0 radical (unpaired) electrons. The number of carboxylic acid groups (broad SMARTS) is 1. The van der Waals surface area contributed by atoms with Gasteiger partial charge in [-0.2, -0.15) is 0 Å². The molecule has 4 aromatic rings. The lowest BCUT2D eigenvalue weighted by Gasteiger charge is -2.09. The van der Waals surface area contributed by atoms with Crippen LogP contribution in [0.2, 0.25) is 0 Å². The topological polar surface area (TPSA) is 99.2 Å². The molecule has 0 saturated carbocycles. The molecule has 0 atom stereocenters. The first-order valence-electron chi connectivity index (χ1n) is 8.01. The van der Waals surface area contributed by atoms with Gasteiger partial charge in [0.25, 0.3) is 0 Å². The van der Waals surface area contributed by atoms with Gasteiger partial charge in [0.05, 0.1) is 23.7 Å². The number of hydrogen-bond acceptors (Lipinski definition) is 5. The molecule has 4 rings (SSSR count). The average Bonchev–Trinajstić information content (AvgIpc) is 3.34. The van der Waals surface area contributed by atoms with Gasteiger partial charge < -0.3 is 9.84 Å². The predicted molar refractivity (Wildman–Crippen MR) is 96.5 cm³/mol. The van der Waals surface area contributed by atoms with Crippen molar-refractivity contribution in [2.75, 3.05) is 7.11 Å². The van der Waals surface area contributed by atoms with Crippen molar-refractivity contribution < 1.29 is 19.4 Å². The van der Waals surface area contributed by atoms with Crippen molar-refractivity contribution in [3.05, 3.63) is 72.6 Å². The summed E-state index contributed by atoms with van der Waals surface area (Å²) in [4.78, 5) is 31.3. The summed E-state index contributed by atoms with van der Waals surface area (Å²) in [6, 6.07) is 12.2. The fourth-order valence-corrected chi connectivity index (χ4v) is 2.87. The van der Waals surface area contributed by atoms with Crippen molar-refractivity contribution in [1.29, 1.82) is 0 Å². The third-order valence-corrected chi connectivity index (χ3v) is 4.21. The number of nitrogens with zero attached hydrogens (tertiary/aromatic N) is 4. The van der Waals surface area contributed by atoms with E-state index in [0.29, 0.717) is 11.0 Å². The van der Waals surface area contributed by atoms with E-state index in [-0.39, 0.29) is 11.4 Å². The fourth-order valence-electron chi connectivity index (χ4n) is 2.87. The number of methoxy groups -OCH3 is 1. The zero-order valence-electron chi connectivity index (χ0n) is 14.2. The Hall–Kier alpha value is -3.94. The lowest BCUT2D eigenvalue weighted by atomic mass is 10.2. The van der Waals surface area contributed by atoms with Gasteiger partial charge in [-0.3, -0.25) is 9.13 Å². The normalized spacial score (nSPS) is 10.9. The Labute approximate surface area is 153 Å². The monoisotopic (exact) mass is 362 g/mol. The van der Waals surface area contributed by atoms with Crippen molar-refractivity contribution in [1.82, 2.24) is 19.1 Å². The molecule has 8 nitrogen and oxygen atoms in total. The van der Waals surface area contributed by atoms with E-state index in [1.54, 1.807) is 33.8 Å². The first-order chi connectivity index (χ1) is 13.1. The number of imidazole rings is 2. The van der Waals surface area contributed by atoms with E-state index in [9.17, 15) is 14.7 Å². The number of ether oxygens (including phenoxy) is 1. The van der Waals surface area contributed by atoms with Crippen LogP contribution in [0.15, 0.2) is 61.2 Å². The van der Waals surface area contributed by atoms with Gasteiger partial charge in [-0.05, 0) is 42.5 Å². The maximum Gasteiger partial charge on any atom is 0.374 e. The maximum absolute atomic E-state index is 11.8. The molecule has 8 heteroatoms. The van der Waals surface area contributed by atoms with E-state index in [1.165, 1.54) is 19.4 Å². The van der Waals surface area contributed by atoms with Gasteiger partial charge in [0.2, 0.25) is 5.82 Å². The Kier molecular flexibility index (Phi) is 3.92. The van der Waals surface area contributed by atoms with Crippen molar-refractivity contribution in [3.63, 3.8) is 0 Å². The Bertz CT molecular complexity index is 1160. The summed E-state index contributed by atoms with van der Waals surface area (Å²) in [5.74, 6) is -1.33. The van der Waals surface area contributed by atoms with E-state index in [0.717, 1.165) is 11.4 Å². The van der Waals surface area contributed by atoms with Gasteiger partial charge in [0.15, 0.2) is 0 Å². The summed E-state index contributed by atoms with van der Waals surface area (Å²) >= 11 is 0. The van der Waals surface area contributed by atoms with Crippen LogP contribution >= 0.6 is 0 Å². The number of carbonyl (C=O) groups excluding carboxylic acids is 1. The average molecular weight is 362 g/mol. The predicted octanol–water partition coefficient (Wildman–Crippen LogP) is 2.70. The van der Waals surface area contributed by atoms with Crippen LogP contribution in [-0.4, -0.2) is 43.3 Å². The van der Waals surface area contributed by atoms with Crippen LogP contribution in [0.25, 0.3) is 22.4 Å². The Morgan fingerprint density at radius 2 is 1.70 bits per heavy atom. The van der Waals surface area contributed by atoms with Crippen LogP contribution < -0.4 is 0 Å². The molecule has 2 heterocycles. The SMILES string of the molecule is COC(=O)c1nccn1-c1ccc(-n2cnc3ccc(C(=O)O)cc32)cc1. The Morgan fingerprint density at radius 3 is 2.37 bits per heavy atom. The van der Waals surface area contributed by atoms with Crippen LogP contribution in [0.4, 0.5) is 0 Å². The van der Waals surface area contributed by atoms with Crippen LogP contribution in [-0.2, 0) is 4.74 Å². The number of benzene rings is 2. The molecule has 0 fully saturated rings. The highest BCUT2D eigenvalue weighted by Gasteiger charge is 2.14. The second-order valence-electron chi connectivity index (χ2n) is 5.75. The van der Waals surface area contributed by atoms with Crippen LogP contribution in [0.3, 0.4) is 0 Å². The molecule has 0 bridgehead atoms.